The molecule has 6 heteroatoms. The molecule has 1 atom stereocenters. The van der Waals surface area contributed by atoms with Crippen molar-refractivity contribution < 1.29 is 9.90 Å². The van der Waals surface area contributed by atoms with Crippen LogP contribution in [-0.4, -0.2) is 23.7 Å². The Kier molecular flexibility index (Phi) is 5.50. The number of thiophene rings is 2. The van der Waals surface area contributed by atoms with Crippen molar-refractivity contribution in [1.82, 2.24) is 0 Å². The predicted molar refractivity (Wildman–Crippen MR) is 130 cm³/mol. The van der Waals surface area contributed by atoms with E-state index in [0.29, 0.717) is 5.92 Å². The number of anilines is 1. The van der Waals surface area contributed by atoms with Gasteiger partial charge in [0, 0.05) is 37.8 Å². The van der Waals surface area contributed by atoms with Crippen molar-refractivity contribution in [3.63, 3.8) is 0 Å². The van der Waals surface area contributed by atoms with Crippen LogP contribution in [0.25, 0.3) is 26.3 Å². The van der Waals surface area contributed by atoms with E-state index in [1.54, 1.807) is 17.4 Å². The molecule has 1 unspecified atom stereocenters. The second-order valence-electron chi connectivity index (χ2n) is 8.59. The minimum absolute atomic E-state index is 0.154. The predicted octanol–water partition coefficient (Wildman–Crippen LogP) is 6.86. The number of rotatable bonds is 4. The van der Waals surface area contributed by atoms with E-state index in [9.17, 15) is 4.79 Å². The summed E-state index contributed by atoms with van der Waals surface area (Å²) in [6.45, 7) is 6.91. The van der Waals surface area contributed by atoms with Gasteiger partial charge in [-0.15, -0.1) is 22.7 Å². The minimum Gasteiger partial charge on any atom is -0.477 e. The molecule has 0 saturated carbocycles. The molecule has 1 aliphatic heterocycles. The number of nitriles is 1. The Bertz CT molecular complexity index is 1230. The fourth-order valence-electron chi connectivity index (χ4n) is 4.20. The van der Waals surface area contributed by atoms with Crippen LogP contribution in [0.1, 0.15) is 43.6 Å². The van der Waals surface area contributed by atoms with Crippen LogP contribution in [0.15, 0.2) is 48.0 Å². The smallest absolute Gasteiger partial charge is 0.346 e. The van der Waals surface area contributed by atoms with Gasteiger partial charge in [-0.25, -0.2) is 4.79 Å². The third-order valence-corrected chi connectivity index (χ3v) is 8.39. The summed E-state index contributed by atoms with van der Waals surface area (Å²) in [5.74, 6) is -0.692. The molecule has 4 rings (SSSR count). The lowest BCUT2D eigenvalue weighted by atomic mass is 9.80. The van der Waals surface area contributed by atoms with Crippen LogP contribution in [0, 0.1) is 11.3 Å². The number of carbonyl (C=O) groups is 1. The van der Waals surface area contributed by atoms with Gasteiger partial charge < -0.3 is 10.0 Å². The van der Waals surface area contributed by atoms with Crippen molar-refractivity contribution in [2.45, 2.75) is 38.6 Å². The second kappa shape index (κ2) is 7.99. The van der Waals surface area contributed by atoms with Gasteiger partial charge in [-0.3, -0.25) is 0 Å². The van der Waals surface area contributed by atoms with Crippen molar-refractivity contribution in [3.05, 3.63) is 58.5 Å². The van der Waals surface area contributed by atoms with Crippen molar-refractivity contribution >= 4 is 40.4 Å². The summed E-state index contributed by atoms with van der Waals surface area (Å²) in [5.41, 5.74) is 3.84. The summed E-state index contributed by atoms with van der Waals surface area (Å²) in [6, 6.07) is 16.6. The van der Waals surface area contributed by atoms with Crippen LogP contribution in [-0.2, 0) is 4.79 Å². The Morgan fingerprint density at radius 3 is 2.55 bits per heavy atom. The average Bonchev–Trinajstić information content (AvgIpc) is 3.39. The van der Waals surface area contributed by atoms with Crippen LogP contribution in [0.2, 0.25) is 0 Å². The molecule has 31 heavy (non-hydrogen) atoms. The maximum absolute atomic E-state index is 11.1. The van der Waals surface area contributed by atoms with Crippen molar-refractivity contribution in [2.24, 2.45) is 0 Å². The van der Waals surface area contributed by atoms with E-state index < -0.39 is 5.97 Å². The SMILES string of the molecule is CC1CC(C)(C)N(C)c2ccc(-c3ccc(-c4ccc(/C=C(/C#N)C(=O)O)s4)s3)cc21. The lowest BCUT2D eigenvalue weighted by molar-refractivity contribution is -0.132. The van der Waals surface area contributed by atoms with E-state index in [0.717, 1.165) is 21.1 Å². The van der Waals surface area contributed by atoms with Gasteiger partial charge in [0.2, 0.25) is 0 Å². The second-order valence-corrected chi connectivity index (χ2v) is 10.8. The molecule has 0 fully saturated rings. The molecule has 0 spiro atoms. The highest BCUT2D eigenvalue weighted by atomic mass is 32.1. The zero-order valence-corrected chi connectivity index (χ0v) is 19.6. The largest absolute Gasteiger partial charge is 0.477 e. The molecular formula is C25H24N2O2S2. The first kappa shape index (κ1) is 21.4. The number of hydrogen-bond donors (Lipinski definition) is 1. The van der Waals surface area contributed by atoms with Crippen LogP contribution in [0.4, 0.5) is 5.69 Å². The molecule has 0 amide bonds. The van der Waals surface area contributed by atoms with Crippen LogP contribution < -0.4 is 4.90 Å². The number of carboxylic acid groups (broad SMARTS) is 1. The Morgan fingerprint density at radius 1 is 1.16 bits per heavy atom. The molecule has 1 aliphatic rings. The third-order valence-electron chi connectivity index (χ3n) is 6.03. The van der Waals surface area contributed by atoms with Crippen LogP contribution >= 0.6 is 22.7 Å². The molecule has 4 nitrogen and oxygen atoms in total. The molecule has 158 valence electrons. The monoisotopic (exact) mass is 448 g/mol. The first-order valence-electron chi connectivity index (χ1n) is 10.1. The maximum Gasteiger partial charge on any atom is 0.346 e. The van der Waals surface area contributed by atoms with E-state index in [4.69, 9.17) is 10.4 Å². The zero-order valence-electron chi connectivity index (χ0n) is 18.0. The molecule has 0 aliphatic carbocycles. The standard InChI is InChI=1S/C25H24N2O2S2/c1-15-13-25(2,3)27(4)20-7-5-16(12-19(15)20)21-9-10-23(31-21)22-8-6-18(30-22)11-17(14-26)24(28)29/h5-12,15H,13H2,1-4H3,(H,28,29)/b17-11-. The van der Waals surface area contributed by atoms with Crippen molar-refractivity contribution in [2.75, 3.05) is 11.9 Å². The molecule has 0 radical (unpaired) electrons. The fourth-order valence-corrected chi connectivity index (χ4v) is 6.25. The lowest BCUT2D eigenvalue weighted by Gasteiger charge is -2.45. The number of nitrogens with zero attached hydrogens (tertiary/aromatic N) is 2. The van der Waals surface area contributed by atoms with Crippen LogP contribution in [0.3, 0.4) is 0 Å². The highest BCUT2D eigenvalue weighted by Crippen LogP contribution is 2.45. The Hall–Kier alpha value is -2.88. The van der Waals surface area contributed by atoms with Gasteiger partial charge in [0.05, 0.1) is 0 Å². The average molecular weight is 449 g/mol. The number of hydrogen-bond acceptors (Lipinski definition) is 5. The fraction of sp³-hybridized carbons (Fsp3) is 0.280. The van der Waals surface area contributed by atoms with Gasteiger partial charge >= 0.3 is 5.97 Å². The number of fused-ring (bicyclic) bond motifs is 1. The van der Waals surface area contributed by atoms with E-state index in [1.807, 2.05) is 12.1 Å². The Morgan fingerprint density at radius 2 is 1.84 bits per heavy atom. The van der Waals surface area contributed by atoms with Crippen LogP contribution in [0.5, 0.6) is 0 Å². The van der Waals surface area contributed by atoms with E-state index in [2.05, 4.69) is 63.1 Å². The molecule has 0 bridgehead atoms. The number of aliphatic carboxylic acids is 1. The molecular weight excluding hydrogens is 424 g/mol. The lowest BCUT2D eigenvalue weighted by Crippen LogP contribution is -2.45. The molecule has 0 saturated heterocycles. The van der Waals surface area contributed by atoms with E-state index in [1.165, 1.54) is 39.1 Å². The summed E-state index contributed by atoms with van der Waals surface area (Å²) >= 11 is 3.22. The van der Waals surface area contributed by atoms with Gasteiger partial charge in [0.15, 0.2) is 0 Å². The number of carboxylic acids is 1. The van der Waals surface area contributed by atoms with E-state index >= 15 is 0 Å². The number of benzene rings is 1. The van der Waals surface area contributed by atoms with E-state index in [-0.39, 0.29) is 11.1 Å². The highest BCUT2D eigenvalue weighted by Gasteiger charge is 2.34. The summed E-state index contributed by atoms with van der Waals surface area (Å²) in [7, 11) is 2.18. The van der Waals surface area contributed by atoms with Gasteiger partial charge in [-0.1, -0.05) is 13.0 Å². The van der Waals surface area contributed by atoms with Gasteiger partial charge in [-0.05, 0) is 79.8 Å². The first-order chi connectivity index (χ1) is 14.7. The summed E-state index contributed by atoms with van der Waals surface area (Å²) < 4.78 is 0. The third kappa shape index (κ3) is 4.04. The van der Waals surface area contributed by atoms with Crippen molar-refractivity contribution in [1.29, 1.82) is 5.26 Å². The zero-order chi connectivity index (χ0) is 22.3. The summed E-state index contributed by atoms with van der Waals surface area (Å²) in [5, 5.41) is 18.0. The van der Waals surface area contributed by atoms with Gasteiger partial charge in [0.1, 0.15) is 11.6 Å². The highest BCUT2D eigenvalue weighted by molar-refractivity contribution is 7.24. The molecule has 3 aromatic rings. The topological polar surface area (TPSA) is 64.3 Å². The summed E-state index contributed by atoms with van der Waals surface area (Å²) in [6.07, 6.45) is 2.55. The molecule has 2 aromatic heterocycles. The molecule has 3 heterocycles. The van der Waals surface area contributed by atoms with Crippen molar-refractivity contribution in [3.8, 4) is 26.3 Å². The quantitative estimate of drug-likeness (QED) is 0.350. The molecule has 1 N–H and O–H groups in total. The van der Waals surface area contributed by atoms with Gasteiger partial charge in [-0.2, -0.15) is 5.26 Å². The van der Waals surface area contributed by atoms with Gasteiger partial charge in [0.25, 0.3) is 0 Å². The summed E-state index contributed by atoms with van der Waals surface area (Å²) in [4.78, 5) is 17.6. The molecule has 1 aromatic carbocycles. The minimum atomic E-state index is -1.20. The normalized spacial score (nSPS) is 17.8. The maximum atomic E-state index is 11.1. The first-order valence-corrected chi connectivity index (χ1v) is 11.8. The Balaban J connectivity index is 1.63. The Labute approximate surface area is 190 Å².